The van der Waals surface area contributed by atoms with E-state index in [-0.39, 0.29) is 6.61 Å². The Kier molecular flexibility index (Phi) is 2.61. The van der Waals surface area contributed by atoms with Crippen molar-refractivity contribution in [3.8, 4) is 11.5 Å². The van der Waals surface area contributed by atoms with E-state index in [1.807, 2.05) is 37.3 Å². The van der Waals surface area contributed by atoms with E-state index in [0.717, 1.165) is 16.3 Å². The third-order valence-electron chi connectivity index (χ3n) is 3.06. The van der Waals surface area contributed by atoms with Gasteiger partial charge in [0.25, 0.3) is 0 Å². The fourth-order valence-corrected chi connectivity index (χ4v) is 2.10. The van der Waals surface area contributed by atoms with Crippen LogP contribution in [0.3, 0.4) is 0 Å². The molecule has 0 saturated heterocycles. The Morgan fingerprint density at radius 1 is 1.11 bits per heavy atom. The lowest BCUT2D eigenvalue weighted by molar-refractivity contribution is 0.275. The molecule has 3 rings (SSSR count). The van der Waals surface area contributed by atoms with Gasteiger partial charge in [0.1, 0.15) is 11.5 Å². The number of hydrogen-bond acceptors (Lipinski definition) is 3. The molecule has 0 atom stereocenters. The second-order valence-corrected chi connectivity index (χ2v) is 4.21. The number of benzene rings is 2. The molecule has 18 heavy (non-hydrogen) atoms. The summed E-state index contributed by atoms with van der Waals surface area (Å²) in [5, 5.41) is 11.4. The van der Waals surface area contributed by atoms with E-state index in [0.29, 0.717) is 17.3 Å². The van der Waals surface area contributed by atoms with Crippen molar-refractivity contribution in [1.82, 2.24) is 4.98 Å². The standard InChI is InChI=1S/C15H13NO2/c1-10-14(9-17)16-15(18-10)13-8-4-6-11-5-2-3-7-12(11)13/h2-8,17H,9H2,1H3. The number of nitrogens with zero attached hydrogens (tertiary/aromatic N) is 1. The average Bonchev–Trinajstić information content (AvgIpc) is 2.79. The molecular weight excluding hydrogens is 226 g/mol. The molecule has 0 saturated carbocycles. The number of oxazole rings is 1. The Hall–Kier alpha value is -2.13. The highest BCUT2D eigenvalue weighted by Gasteiger charge is 2.12. The van der Waals surface area contributed by atoms with E-state index in [4.69, 9.17) is 9.52 Å². The normalized spacial score (nSPS) is 11.0. The van der Waals surface area contributed by atoms with Crippen LogP contribution in [0.15, 0.2) is 46.9 Å². The van der Waals surface area contributed by atoms with E-state index in [1.54, 1.807) is 0 Å². The third kappa shape index (κ3) is 1.69. The largest absolute Gasteiger partial charge is 0.441 e. The first kappa shape index (κ1) is 11.0. The van der Waals surface area contributed by atoms with Crippen molar-refractivity contribution < 1.29 is 9.52 Å². The first-order chi connectivity index (χ1) is 8.79. The van der Waals surface area contributed by atoms with Gasteiger partial charge in [0.15, 0.2) is 0 Å². The van der Waals surface area contributed by atoms with Crippen molar-refractivity contribution in [2.24, 2.45) is 0 Å². The predicted octanol–water partition coefficient (Wildman–Crippen LogP) is 3.30. The lowest BCUT2D eigenvalue weighted by atomic mass is 10.0. The Balaban J connectivity index is 2.24. The molecule has 1 aromatic heterocycles. The molecule has 3 aromatic rings. The van der Waals surface area contributed by atoms with Gasteiger partial charge in [-0.2, -0.15) is 0 Å². The second kappa shape index (κ2) is 4.27. The van der Waals surface area contributed by atoms with E-state index >= 15 is 0 Å². The summed E-state index contributed by atoms with van der Waals surface area (Å²) in [6, 6.07) is 14.1. The third-order valence-corrected chi connectivity index (χ3v) is 3.06. The molecule has 0 aliphatic heterocycles. The summed E-state index contributed by atoms with van der Waals surface area (Å²) in [4.78, 5) is 4.33. The van der Waals surface area contributed by atoms with Crippen LogP contribution in [0.25, 0.3) is 22.2 Å². The molecule has 0 radical (unpaired) electrons. The minimum atomic E-state index is -0.0971. The van der Waals surface area contributed by atoms with Gasteiger partial charge in [-0.3, -0.25) is 0 Å². The number of fused-ring (bicyclic) bond motifs is 1. The Labute approximate surface area is 105 Å². The molecule has 3 nitrogen and oxygen atoms in total. The van der Waals surface area contributed by atoms with Gasteiger partial charge in [0, 0.05) is 5.56 Å². The molecule has 0 unspecified atom stereocenters. The first-order valence-corrected chi connectivity index (χ1v) is 5.85. The van der Waals surface area contributed by atoms with E-state index in [2.05, 4.69) is 17.1 Å². The van der Waals surface area contributed by atoms with Crippen LogP contribution in [0, 0.1) is 6.92 Å². The molecule has 1 N–H and O–H groups in total. The Bertz CT molecular complexity index is 695. The van der Waals surface area contributed by atoms with Crippen LogP contribution in [0.4, 0.5) is 0 Å². The summed E-state index contributed by atoms with van der Waals surface area (Å²) in [7, 11) is 0. The maximum absolute atomic E-state index is 9.17. The highest BCUT2D eigenvalue weighted by Crippen LogP contribution is 2.29. The van der Waals surface area contributed by atoms with Crippen molar-refractivity contribution in [1.29, 1.82) is 0 Å². The van der Waals surface area contributed by atoms with Crippen molar-refractivity contribution in [2.45, 2.75) is 13.5 Å². The predicted molar refractivity (Wildman–Crippen MR) is 70.1 cm³/mol. The van der Waals surface area contributed by atoms with Crippen molar-refractivity contribution in [3.05, 3.63) is 53.9 Å². The molecule has 3 heteroatoms. The summed E-state index contributed by atoms with van der Waals surface area (Å²) < 4.78 is 5.63. The molecule has 0 aliphatic carbocycles. The maximum atomic E-state index is 9.17. The van der Waals surface area contributed by atoms with E-state index < -0.39 is 0 Å². The zero-order chi connectivity index (χ0) is 12.5. The lowest BCUT2D eigenvalue weighted by Crippen LogP contribution is -1.86. The van der Waals surface area contributed by atoms with Crippen LogP contribution < -0.4 is 0 Å². The van der Waals surface area contributed by atoms with Crippen molar-refractivity contribution >= 4 is 10.8 Å². The van der Waals surface area contributed by atoms with Gasteiger partial charge in [-0.1, -0.05) is 36.4 Å². The molecule has 0 aliphatic rings. The average molecular weight is 239 g/mol. The number of hydrogen-bond donors (Lipinski definition) is 1. The summed E-state index contributed by atoms with van der Waals surface area (Å²) >= 11 is 0. The van der Waals surface area contributed by atoms with Gasteiger partial charge < -0.3 is 9.52 Å². The van der Waals surface area contributed by atoms with Crippen LogP contribution in [0.1, 0.15) is 11.5 Å². The van der Waals surface area contributed by atoms with Crippen LogP contribution in [0.5, 0.6) is 0 Å². The first-order valence-electron chi connectivity index (χ1n) is 5.85. The fourth-order valence-electron chi connectivity index (χ4n) is 2.10. The SMILES string of the molecule is Cc1oc(-c2cccc3ccccc23)nc1CO. The zero-order valence-corrected chi connectivity index (χ0v) is 10.1. The van der Waals surface area contributed by atoms with Gasteiger partial charge in [-0.05, 0) is 23.8 Å². The maximum Gasteiger partial charge on any atom is 0.227 e. The number of aliphatic hydroxyl groups is 1. The number of aryl methyl sites for hydroxylation is 1. The molecule has 90 valence electrons. The molecule has 0 amide bonds. The van der Waals surface area contributed by atoms with Crippen LogP contribution in [-0.4, -0.2) is 10.1 Å². The molecule has 2 aromatic carbocycles. The van der Waals surface area contributed by atoms with Crippen molar-refractivity contribution in [3.63, 3.8) is 0 Å². The number of aromatic nitrogens is 1. The highest BCUT2D eigenvalue weighted by atomic mass is 16.4. The molecular formula is C15H13NO2. The van der Waals surface area contributed by atoms with E-state index in [9.17, 15) is 0 Å². The smallest absolute Gasteiger partial charge is 0.227 e. The van der Waals surface area contributed by atoms with Crippen LogP contribution in [0.2, 0.25) is 0 Å². The Morgan fingerprint density at radius 2 is 1.89 bits per heavy atom. The summed E-state index contributed by atoms with van der Waals surface area (Å²) in [5.74, 6) is 1.23. The van der Waals surface area contributed by atoms with Gasteiger partial charge in [0.2, 0.25) is 5.89 Å². The Morgan fingerprint density at radius 3 is 2.67 bits per heavy atom. The molecule has 0 bridgehead atoms. The number of rotatable bonds is 2. The van der Waals surface area contributed by atoms with Gasteiger partial charge in [-0.25, -0.2) is 4.98 Å². The zero-order valence-electron chi connectivity index (χ0n) is 10.1. The topological polar surface area (TPSA) is 46.3 Å². The number of aliphatic hydroxyl groups excluding tert-OH is 1. The van der Waals surface area contributed by atoms with Crippen LogP contribution >= 0.6 is 0 Å². The quantitative estimate of drug-likeness (QED) is 0.746. The van der Waals surface area contributed by atoms with Crippen LogP contribution in [-0.2, 0) is 6.61 Å². The van der Waals surface area contributed by atoms with E-state index in [1.165, 1.54) is 0 Å². The van der Waals surface area contributed by atoms with Gasteiger partial charge >= 0.3 is 0 Å². The van der Waals surface area contributed by atoms with Crippen molar-refractivity contribution in [2.75, 3.05) is 0 Å². The minimum Gasteiger partial charge on any atom is -0.441 e. The second-order valence-electron chi connectivity index (χ2n) is 4.21. The summed E-state index contributed by atoms with van der Waals surface area (Å²) in [6.45, 7) is 1.72. The highest BCUT2D eigenvalue weighted by molar-refractivity contribution is 5.94. The fraction of sp³-hybridized carbons (Fsp3) is 0.133. The molecule has 1 heterocycles. The molecule has 0 spiro atoms. The minimum absolute atomic E-state index is 0.0971. The lowest BCUT2D eigenvalue weighted by Gasteiger charge is -2.02. The monoisotopic (exact) mass is 239 g/mol. The summed E-state index contributed by atoms with van der Waals surface area (Å²) in [5.41, 5.74) is 1.55. The summed E-state index contributed by atoms with van der Waals surface area (Å²) in [6.07, 6.45) is 0. The van der Waals surface area contributed by atoms with Gasteiger partial charge in [0.05, 0.1) is 6.61 Å². The molecule has 0 fully saturated rings. The van der Waals surface area contributed by atoms with Gasteiger partial charge in [-0.15, -0.1) is 0 Å².